The Morgan fingerprint density at radius 2 is 1.80 bits per heavy atom. The molecule has 0 aliphatic heterocycles. The third-order valence-corrected chi connectivity index (χ3v) is 6.46. The van der Waals surface area contributed by atoms with Crippen molar-refractivity contribution in [3.8, 4) is 11.5 Å². The molecule has 152 valence electrons. The van der Waals surface area contributed by atoms with Crippen LogP contribution in [0.5, 0.6) is 0 Å². The molecule has 0 radical (unpaired) electrons. The molecule has 9 heteroatoms. The van der Waals surface area contributed by atoms with Gasteiger partial charge in [-0.2, -0.15) is 0 Å². The molecule has 0 amide bonds. The number of halogens is 2. The number of hydrogen-bond donors (Lipinski definition) is 1. The zero-order valence-electron chi connectivity index (χ0n) is 15.5. The molecule has 30 heavy (non-hydrogen) atoms. The first kappa shape index (κ1) is 20.2. The van der Waals surface area contributed by atoms with Gasteiger partial charge >= 0.3 is 0 Å². The highest BCUT2D eigenvalue weighted by molar-refractivity contribution is 9.10. The number of anilines is 1. The molecule has 1 aromatic heterocycles. The number of sulfonamides is 1. The smallest absolute Gasteiger partial charge is 0.261 e. The number of Topliss-reactive ketones (excluding diaryl/α,β-unsaturated/α-hetero) is 1. The van der Waals surface area contributed by atoms with Crippen LogP contribution in [0.2, 0.25) is 0 Å². The van der Waals surface area contributed by atoms with Crippen LogP contribution < -0.4 is 4.72 Å². The van der Waals surface area contributed by atoms with Gasteiger partial charge in [0.15, 0.2) is 11.4 Å². The summed E-state index contributed by atoms with van der Waals surface area (Å²) < 4.78 is 47.6. The van der Waals surface area contributed by atoms with E-state index in [1.807, 2.05) is 0 Å². The van der Waals surface area contributed by atoms with Gasteiger partial charge in [0.05, 0.1) is 16.1 Å². The predicted octanol–water partition coefficient (Wildman–Crippen LogP) is 5.40. The van der Waals surface area contributed by atoms with Gasteiger partial charge in [0.1, 0.15) is 11.3 Å². The van der Waals surface area contributed by atoms with Crippen molar-refractivity contribution in [2.24, 2.45) is 0 Å². The van der Waals surface area contributed by atoms with Crippen LogP contribution in [0, 0.1) is 5.82 Å². The molecular weight excluding hydrogens is 475 g/mol. The lowest BCUT2D eigenvalue weighted by atomic mass is 10.2. The van der Waals surface area contributed by atoms with Crippen molar-refractivity contribution in [2.45, 2.75) is 11.8 Å². The number of ketones is 1. The van der Waals surface area contributed by atoms with E-state index in [2.05, 4.69) is 25.6 Å². The molecule has 6 nitrogen and oxygen atoms in total. The number of oxazole rings is 1. The van der Waals surface area contributed by atoms with Gasteiger partial charge in [-0.3, -0.25) is 9.52 Å². The van der Waals surface area contributed by atoms with Crippen molar-refractivity contribution in [1.82, 2.24) is 4.98 Å². The maximum Gasteiger partial charge on any atom is 0.261 e. The SMILES string of the molecule is CC(=O)c1ccc(S(=O)(=O)Nc2ccc3oc(-c4cc(F)ccc4Br)nc3c2)cc1. The molecule has 0 aliphatic rings. The zero-order chi connectivity index (χ0) is 21.5. The minimum atomic E-state index is -3.86. The molecule has 0 saturated heterocycles. The Bertz CT molecular complexity index is 1380. The number of benzene rings is 3. The van der Waals surface area contributed by atoms with E-state index in [-0.39, 0.29) is 22.3 Å². The lowest BCUT2D eigenvalue weighted by molar-refractivity contribution is 0.101. The van der Waals surface area contributed by atoms with Crippen molar-refractivity contribution in [2.75, 3.05) is 4.72 Å². The summed E-state index contributed by atoms with van der Waals surface area (Å²) in [6, 6.07) is 14.5. The van der Waals surface area contributed by atoms with E-state index < -0.39 is 15.8 Å². The van der Waals surface area contributed by atoms with Crippen LogP contribution in [0.1, 0.15) is 17.3 Å². The Morgan fingerprint density at radius 3 is 2.50 bits per heavy atom. The summed E-state index contributed by atoms with van der Waals surface area (Å²) in [5, 5.41) is 0. The van der Waals surface area contributed by atoms with Gasteiger partial charge in [-0.1, -0.05) is 12.1 Å². The maximum atomic E-state index is 13.6. The summed E-state index contributed by atoms with van der Waals surface area (Å²) >= 11 is 3.34. The fourth-order valence-corrected chi connectivity index (χ4v) is 4.32. The van der Waals surface area contributed by atoms with Crippen LogP contribution in [0.3, 0.4) is 0 Å². The first-order valence-electron chi connectivity index (χ1n) is 8.73. The normalized spacial score (nSPS) is 11.6. The van der Waals surface area contributed by atoms with Gasteiger partial charge in [-0.25, -0.2) is 17.8 Å². The lowest BCUT2D eigenvalue weighted by Crippen LogP contribution is -2.13. The Kier molecular flexibility index (Phi) is 5.17. The van der Waals surface area contributed by atoms with Gasteiger partial charge in [-0.15, -0.1) is 0 Å². The standard InChI is InChI=1S/C21H14BrFN2O4S/c1-12(26)13-2-6-16(7-3-13)30(27,28)25-15-5-9-20-19(11-15)24-21(29-20)17-10-14(23)4-8-18(17)22/h2-11,25H,1H3. The fraction of sp³-hybridized carbons (Fsp3) is 0.0476. The van der Waals surface area contributed by atoms with Crippen LogP contribution >= 0.6 is 15.9 Å². The Hall–Kier alpha value is -3.04. The van der Waals surface area contributed by atoms with Crippen molar-refractivity contribution in [3.63, 3.8) is 0 Å². The molecular formula is C21H14BrFN2O4S. The quantitative estimate of drug-likeness (QED) is 0.380. The second-order valence-electron chi connectivity index (χ2n) is 6.51. The fourth-order valence-electron chi connectivity index (χ4n) is 2.85. The number of nitrogens with one attached hydrogen (secondary N) is 1. The van der Waals surface area contributed by atoms with Crippen LogP contribution in [0.4, 0.5) is 10.1 Å². The summed E-state index contributed by atoms with van der Waals surface area (Å²) in [7, 11) is -3.86. The molecule has 4 aromatic rings. The van der Waals surface area contributed by atoms with E-state index in [9.17, 15) is 17.6 Å². The molecule has 0 bridgehead atoms. The minimum Gasteiger partial charge on any atom is -0.436 e. The zero-order valence-corrected chi connectivity index (χ0v) is 17.9. The average Bonchev–Trinajstić information content (AvgIpc) is 3.12. The maximum absolute atomic E-state index is 13.6. The van der Waals surface area contributed by atoms with Gasteiger partial charge in [-0.05, 0) is 71.4 Å². The predicted molar refractivity (Wildman–Crippen MR) is 114 cm³/mol. The minimum absolute atomic E-state index is 0.0251. The van der Waals surface area contributed by atoms with Crippen molar-refractivity contribution in [3.05, 3.63) is 76.5 Å². The first-order valence-corrected chi connectivity index (χ1v) is 11.0. The molecule has 0 aliphatic carbocycles. The molecule has 0 fully saturated rings. The average molecular weight is 489 g/mol. The van der Waals surface area contributed by atoms with E-state index >= 15 is 0 Å². The number of carbonyl (C=O) groups excluding carboxylic acids is 1. The molecule has 0 saturated carbocycles. The summed E-state index contributed by atoms with van der Waals surface area (Å²) in [5.41, 5.74) is 1.99. The topological polar surface area (TPSA) is 89.3 Å². The van der Waals surface area contributed by atoms with E-state index in [1.165, 1.54) is 49.4 Å². The van der Waals surface area contributed by atoms with E-state index in [4.69, 9.17) is 4.42 Å². The number of rotatable bonds is 5. The first-order chi connectivity index (χ1) is 14.2. The largest absolute Gasteiger partial charge is 0.436 e. The van der Waals surface area contributed by atoms with Crippen LogP contribution in [0.25, 0.3) is 22.6 Å². The molecule has 0 unspecified atom stereocenters. The van der Waals surface area contributed by atoms with Crippen LogP contribution in [-0.2, 0) is 10.0 Å². The van der Waals surface area contributed by atoms with E-state index in [0.717, 1.165) is 0 Å². The highest BCUT2D eigenvalue weighted by Crippen LogP contribution is 2.32. The highest BCUT2D eigenvalue weighted by Gasteiger charge is 2.17. The summed E-state index contributed by atoms with van der Waals surface area (Å²) in [4.78, 5) is 15.7. The molecule has 0 spiro atoms. The Balaban J connectivity index is 1.65. The van der Waals surface area contributed by atoms with Gasteiger partial charge < -0.3 is 4.42 Å². The monoisotopic (exact) mass is 488 g/mol. The van der Waals surface area contributed by atoms with Gasteiger partial charge in [0.25, 0.3) is 10.0 Å². The Labute approximate surface area is 179 Å². The number of hydrogen-bond acceptors (Lipinski definition) is 5. The third kappa shape index (κ3) is 3.99. The van der Waals surface area contributed by atoms with E-state index in [0.29, 0.717) is 26.7 Å². The van der Waals surface area contributed by atoms with Crippen molar-refractivity contribution >= 4 is 48.5 Å². The third-order valence-electron chi connectivity index (χ3n) is 4.37. The number of fused-ring (bicyclic) bond motifs is 1. The summed E-state index contributed by atoms with van der Waals surface area (Å²) in [6.07, 6.45) is 0. The van der Waals surface area contributed by atoms with E-state index in [1.54, 1.807) is 18.2 Å². The van der Waals surface area contributed by atoms with Gasteiger partial charge in [0.2, 0.25) is 5.89 Å². The van der Waals surface area contributed by atoms with Crippen molar-refractivity contribution in [1.29, 1.82) is 0 Å². The van der Waals surface area contributed by atoms with Gasteiger partial charge in [0, 0.05) is 10.0 Å². The second kappa shape index (κ2) is 7.66. The number of aromatic nitrogens is 1. The van der Waals surface area contributed by atoms with Crippen LogP contribution in [-0.4, -0.2) is 19.2 Å². The highest BCUT2D eigenvalue weighted by atomic mass is 79.9. The molecule has 0 atom stereocenters. The molecule has 1 heterocycles. The molecule has 4 rings (SSSR count). The lowest BCUT2D eigenvalue weighted by Gasteiger charge is -2.08. The number of carbonyl (C=O) groups is 1. The molecule has 1 N–H and O–H groups in total. The number of nitrogens with zero attached hydrogens (tertiary/aromatic N) is 1. The summed E-state index contributed by atoms with van der Waals surface area (Å²) in [5.74, 6) is -0.375. The second-order valence-corrected chi connectivity index (χ2v) is 9.05. The summed E-state index contributed by atoms with van der Waals surface area (Å²) in [6.45, 7) is 1.41. The molecule has 3 aromatic carbocycles. The van der Waals surface area contributed by atoms with Crippen LogP contribution in [0.15, 0.2) is 74.4 Å². The van der Waals surface area contributed by atoms with Crippen molar-refractivity contribution < 1.29 is 22.0 Å². The Morgan fingerprint density at radius 1 is 1.07 bits per heavy atom.